The number of carbonyl (C=O) groups excluding carboxylic acids is 1. The Morgan fingerprint density at radius 3 is 2.38 bits per heavy atom. The molecule has 1 rings (SSSR count). The lowest BCUT2D eigenvalue weighted by Gasteiger charge is -2.14. The van der Waals surface area contributed by atoms with Crippen LogP contribution in [0.4, 0.5) is 5.69 Å². The van der Waals surface area contributed by atoms with E-state index in [2.05, 4.69) is 5.32 Å². The fourth-order valence-electron chi connectivity index (χ4n) is 1.69. The van der Waals surface area contributed by atoms with Gasteiger partial charge in [0.05, 0.1) is 20.6 Å². The SMILES string of the molecule is Cc1c(S(=O)(=O)Cl)cc(Cl)c(NC(=O)CCC(C)C)c1Cl. The number of halogens is 3. The van der Waals surface area contributed by atoms with Gasteiger partial charge in [-0.2, -0.15) is 0 Å². The van der Waals surface area contributed by atoms with Crippen LogP contribution in [0.5, 0.6) is 0 Å². The van der Waals surface area contributed by atoms with E-state index in [4.69, 9.17) is 33.9 Å². The first-order valence-corrected chi connectivity index (χ1v) is 9.33. The minimum atomic E-state index is -3.95. The Hall–Kier alpha value is -0.490. The third-order valence-electron chi connectivity index (χ3n) is 2.89. The molecule has 0 aromatic heterocycles. The number of amides is 1. The lowest BCUT2D eigenvalue weighted by Crippen LogP contribution is -2.13. The molecule has 1 aromatic rings. The monoisotopic (exact) mass is 371 g/mol. The van der Waals surface area contributed by atoms with E-state index in [1.807, 2.05) is 13.8 Å². The van der Waals surface area contributed by atoms with E-state index in [0.29, 0.717) is 12.3 Å². The van der Waals surface area contributed by atoms with Crippen LogP contribution in [0.1, 0.15) is 32.3 Å². The number of benzene rings is 1. The van der Waals surface area contributed by atoms with Crippen LogP contribution >= 0.6 is 33.9 Å². The van der Waals surface area contributed by atoms with Gasteiger partial charge in [-0.3, -0.25) is 4.79 Å². The highest BCUT2D eigenvalue weighted by Crippen LogP contribution is 2.38. The van der Waals surface area contributed by atoms with E-state index in [1.54, 1.807) is 0 Å². The Kier molecular flexibility index (Phi) is 6.35. The fraction of sp³-hybridized carbons (Fsp3) is 0.462. The van der Waals surface area contributed by atoms with Crippen molar-refractivity contribution in [1.82, 2.24) is 0 Å². The van der Waals surface area contributed by atoms with Gasteiger partial charge in [0.25, 0.3) is 9.05 Å². The highest BCUT2D eigenvalue weighted by atomic mass is 35.7. The minimum Gasteiger partial charge on any atom is -0.324 e. The number of hydrogen-bond acceptors (Lipinski definition) is 3. The molecule has 0 radical (unpaired) electrons. The van der Waals surface area contributed by atoms with Crippen molar-refractivity contribution in [1.29, 1.82) is 0 Å². The van der Waals surface area contributed by atoms with Crippen LogP contribution in [0.2, 0.25) is 10.0 Å². The Bertz CT molecular complexity index is 657. The van der Waals surface area contributed by atoms with E-state index in [9.17, 15) is 13.2 Å². The quantitative estimate of drug-likeness (QED) is 0.768. The van der Waals surface area contributed by atoms with Crippen molar-refractivity contribution >= 4 is 54.5 Å². The standard InChI is InChI=1S/C13H16Cl3NO3S/c1-7(2)4-5-11(18)17-13-9(14)6-10(21(16,19)20)8(3)12(13)15/h6-7H,4-5H2,1-3H3,(H,17,18). The van der Waals surface area contributed by atoms with Crippen molar-refractivity contribution in [3.8, 4) is 0 Å². The smallest absolute Gasteiger partial charge is 0.261 e. The van der Waals surface area contributed by atoms with E-state index >= 15 is 0 Å². The van der Waals surface area contributed by atoms with Crippen molar-refractivity contribution < 1.29 is 13.2 Å². The molecule has 118 valence electrons. The summed E-state index contributed by atoms with van der Waals surface area (Å²) in [6.45, 7) is 5.52. The summed E-state index contributed by atoms with van der Waals surface area (Å²) < 4.78 is 22.9. The summed E-state index contributed by atoms with van der Waals surface area (Å²) in [5, 5.41) is 2.71. The van der Waals surface area contributed by atoms with Gasteiger partial charge in [0.15, 0.2) is 0 Å². The summed E-state index contributed by atoms with van der Waals surface area (Å²) in [5.41, 5.74) is 0.448. The maximum Gasteiger partial charge on any atom is 0.261 e. The van der Waals surface area contributed by atoms with Gasteiger partial charge < -0.3 is 5.32 Å². The summed E-state index contributed by atoms with van der Waals surface area (Å²) >= 11 is 12.1. The molecule has 0 aliphatic carbocycles. The second-order valence-electron chi connectivity index (χ2n) is 5.09. The second kappa shape index (κ2) is 7.18. The summed E-state index contributed by atoms with van der Waals surface area (Å²) in [4.78, 5) is 11.7. The zero-order valence-corrected chi connectivity index (χ0v) is 14.9. The van der Waals surface area contributed by atoms with Crippen LogP contribution in [-0.2, 0) is 13.8 Å². The third-order valence-corrected chi connectivity index (χ3v) is 5.11. The van der Waals surface area contributed by atoms with Crippen molar-refractivity contribution in [3.05, 3.63) is 21.7 Å². The van der Waals surface area contributed by atoms with Crippen molar-refractivity contribution in [2.75, 3.05) is 5.32 Å². The largest absolute Gasteiger partial charge is 0.324 e. The fourth-order valence-corrected chi connectivity index (χ4v) is 3.56. The lowest BCUT2D eigenvalue weighted by molar-refractivity contribution is -0.116. The highest BCUT2D eigenvalue weighted by molar-refractivity contribution is 8.13. The van der Waals surface area contributed by atoms with Crippen LogP contribution in [0.3, 0.4) is 0 Å². The predicted octanol–water partition coefficient (Wildman–Crippen LogP) is 4.60. The first-order chi connectivity index (χ1) is 9.54. The molecule has 0 saturated heterocycles. The van der Waals surface area contributed by atoms with Gasteiger partial charge in [-0.15, -0.1) is 0 Å². The third kappa shape index (κ3) is 5.02. The van der Waals surface area contributed by atoms with Crippen LogP contribution < -0.4 is 5.32 Å². The van der Waals surface area contributed by atoms with Gasteiger partial charge in [0.1, 0.15) is 0 Å². The molecule has 0 atom stereocenters. The maximum atomic E-state index is 11.8. The molecule has 1 N–H and O–H groups in total. The molecular formula is C13H16Cl3NO3S. The number of rotatable bonds is 5. The molecule has 1 amide bonds. The zero-order valence-electron chi connectivity index (χ0n) is 11.8. The first kappa shape index (κ1) is 18.6. The molecule has 0 unspecified atom stereocenters. The van der Waals surface area contributed by atoms with Gasteiger partial charge in [-0.1, -0.05) is 37.0 Å². The van der Waals surface area contributed by atoms with E-state index in [1.165, 1.54) is 13.0 Å². The molecule has 0 spiro atoms. The Labute approximate surface area is 139 Å². The average Bonchev–Trinajstić information content (AvgIpc) is 2.35. The first-order valence-electron chi connectivity index (χ1n) is 6.27. The van der Waals surface area contributed by atoms with Crippen molar-refractivity contribution in [2.24, 2.45) is 5.92 Å². The van der Waals surface area contributed by atoms with E-state index in [0.717, 1.165) is 6.42 Å². The van der Waals surface area contributed by atoms with Crippen LogP contribution in [0, 0.1) is 12.8 Å². The summed E-state index contributed by atoms with van der Waals surface area (Å²) in [6, 6.07) is 1.18. The van der Waals surface area contributed by atoms with Crippen LogP contribution in [-0.4, -0.2) is 14.3 Å². The second-order valence-corrected chi connectivity index (χ2v) is 8.41. The normalized spacial score (nSPS) is 11.8. The zero-order chi connectivity index (χ0) is 16.4. The van der Waals surface area contributed by atoms with Gasteiger partial charge in [-0.25, -0.2) is 8.42 Å². The molecular weight excluding hydrogens is 357 g/mol. The Morgan fingerprint density at radius 1 is 1.33 bits per heavy atom. The van der Waals surface area contributed by atoms with Gasteiger partial charge >= 0.3 is 0 Å². The molecule has 0 saturated carbocycles. The molecule has 0 fully saturated rings. The topological polar surface area (TPSA) is 63.2 Å². The minimum absolute atomic E-state index is 0.0303. The van der Waals surface area contributed by atoms with E-state index < -0.39 is 9.05 Å². The maximum absolute atomic E-state index is 11.8. The molecule has 0 aliphatic heterocycles. The summed E-state index contributed by atoms with van der Waals surface area (Å²) in [5.74, 6) is 0.167. The van der Waals surface area contributed by atoms with Gasteiger partial charge in [-0.05, 0) is 30.9 Å². The van der Waals surface area contributed by atoms with Gasteiger partial charge in [0, 0.05) is 17.1 Å². The van der Waals surface area contributed by atoms with Crippen molar-refractivity contribution in [3.63, 3.8) is 0 Å². The number of nitrogens with one attached hydrogen (secondary N) is 1. The van der Waals surface area contributed by atoms with Crippen LogP contribution in [0.15, 0.2) is 11.0 Å². The molecule has 0 aliphatic rings. The van der Waals surface area contributed by atoms with Gasteiger partial charge in [0.2, 0.25) is 5.91 Å². The van der Waals surface area contributed by atoms with E-state index in [-0.39, 0.29) is 32.1 Å². The Morgan fingerprint density at radius 2 is 1.90 bits per heavy atom. The van der Waals surface area contributed by atoms with Crippen LogP contribution in [0.25, 0.3) is 0 Å². The molecule has 1 aromatic carbocycles. The predicted molar refractivity (Wildman–Crippen MR) is 86.9 cm³/mol. The molecule has 21 heavy (non-hydrogen) atoms. The van der Waals surface area contributed by atoms with Crippen molar-refractivity contribution in [2.45, 2.75) is 38.5 Å². The Balaban J connectivity index is 3.11. The average molecular weight is 373 g/mol. The highest BCUT2D eigenvalue weighted by Gasteiger charge is 2.21. The molecule has 0 heterocycles. The summed E-state index contributed by atoms with van der Waals surface area (Å²) in [7, 11) is 1.36. The lowest BCUT2D eigenvalue weighted by atomic mass is 10.1. The summed E-state index contributed by atoms with van der Waals surface area (Å²) in [6.07, 6.45) is 1.06. The number of hydrogen-bond donors (Lipinski definition) is 1. The number of carbonyl (C=O) groups is 1. The molecule has 4 nitrogen and oxygen atoms in total. The molecule has 8 heteroatoms. The molecule has 0 bridgehead atoms. The number of anilines is 1.